The predicted octanol–water partition coefficient (Wildman–Crippen LogP) is 2.97. The second kappa shape index (κ2) is 5.55. The molecule has 1 saturated heterocycles. The lowest BCUT2D eigenvalue weighted by Crippen LogP contribution is -2.55. The molecule has 0 amide bonds. The van der Waals surface area contributed by atoms with E-state index in [-0.39, 0.29) is 12.1 Å². The Labute approximate surface area is 133 Å². The molecule has 0 bridgehead atoms. The van der Waals surface area contributed by atoms with Crippen LogP contribution < -0.4 is 4.74 Å². The van der Waals surface area contributed by atoms with Gasteiger partial charge in [0.1, 0.15) is 18.5 Å². The van der Waals surface area contributed by atoms with Gasteiger partial charge in [0.2, 0.25) is 0 Å². The zero-order valence-electron chi connectivity index (χ0n) is 11.7. The maximum Gasteiger partial charge on any atom is 0.125 e. The van der Waals surface area contributed by atoms with E-state index >= 15 is 0 Å². The van der Waals surface area contributed by atoms with Crippen LogP contribution in [0.1, 0.15) is 31.0 Å². The third-order valence-electron chi connectivity index (χ3n) is 3.94. The van der Waals surface area contributed by atoms with E-state index in [1.807, 2.05) is 12.1 Å². The van der Waals surface area contributed by atoms with Crippen molar-refractivity contribution in [3.05, 3.63) is 29.3 Å². The monoisotopic (exact) mass is 383 g/mol. The molecule has 3 unspecified atom stereocenters. The van der Waals surface area contributed by atoms with Gasteiger partial charge in [0.15, 0.2) is 0 Å². The molecule has 4 heteroatoms. The molecular weight excluding hydrogens is 365 g/mol. The van der Waals surface area contributed by atoms with E-state index in [9.17, 15) is 0 Å². The third-order valence-corrected chi connectivity index (χ3v) is 4.95. The first-order valence-electron chi connectivity index (χ1n) is 6.88. The van der Waals surface area contributed by atoms with E-state index in [1.165, 1.54) is 5.56 Å². The van der Waals surface area contributed by atoms with Crippen LogP contribution in [0.25, 0.3) is 0 Å². The summed E-state index contributed by atoms with van der Waals surface area (Å²) >= 11 is 2.46. The molecule has 20 heavy (non-hydrogen) atoms. The molecule has 106 valence electrons. The van der Waals surface area contributed by atoms with Gasteiger partial charge in [0.05, 0.1) is 16.7 Å². The van der Waals surface area contributed by atoms with Gasteiger partial charge in [0.25, 0.3) is 0 Å². The quantitative estimate of drug-likeness (QED) is 0.322. The maximum absolute atomic E-state index is 5.97. The first-order valence-corrected chi connectivity index (χ1v) is 8.13. The highest BCUT2D eigenvalue weighted by molar-refractivity contribution is 14.1. The molecule has 1 fully saturated rings. The molecule has 3 atom stereocenters. The molecule has 0 aromatic heterocycles. The fourth-order valence-electron chi connectivity index (χ4n) is 3.06. The van der Waals surface area contributed by atoms with Gasteiger partial charge in [-0.3, -0.25) is 4.90 Å². The van der Waals surface area contributed by atoms with Crippen molar-refractivity contribution in [1.29, 1.82) is 0 Å². The molecular formula is C16H18INO2. The highest BCUT2D eigenvalue weighted by Crippen LogP contribution is 2.43. The van der Waals surface area contributed by atoms with Gasteiger partial charge in [-0.15, -0.1) is 6.42 Å². The van der Waals surface area contributed by atoms with Gasteiger partial charge in [-0.25, -0.2) is 0 Å². The van der Waals surface area contributed by atoms with E-state index in [2.05, 4.69) is 53.3 Å². The number of rotatable bonds is 1. The molecule has 0 aliphatic carbocycles. The Morgan fingerprint density at radius 3 is 2.90 bits per heavy atom. The smallest absolute Gasteiger partial charge is 0.125 e. The highest BCUT2D eigenvalue weighted by atomic mass is 127. The fraction of sp³-hybridized carbons (Fsp3) is 0.500. The zero-order valence-corrected chi connectivity index (χ0v) is 13.8. The van der Waals surface area contributed by atoms with E-state index in [0.29, 0.717) is 16.7 Å². The van der Waals surface area contributed by atoms with Crippen molar-refractivity contribution >= 4 is 22.6 Å². The maximum atomic E-state index is 5.97. The summed E-state index contributed by atoms with van der Waals surface area (Å²) in [4.78, 5) is 2.52. The molecule has 1 aromatic rings. The SMILES string of the molecule is C#Cc1ccc2c(c1)OCC1OCC(I)N(C(C)C)C21. The number of terminal acetylenes is 1. The van der Waals surface area contributed by atoms with Crippen LogP contribution >= 0.6 is 22.6 Å². The van der Waals surface area contributed by atoms with Gasteiger partial charge in [-0.1, -0.05) is 34.6 Å². The Hall–Kier alpha value is -0.770. The second-order valence-corrected chi connectivity index (χ2v) is 6.94. The van der Waals surface area contributed by atoms with Crippen LogP contribution in [0.15, 0.2) is 18.2 Å². The summed E-state index contributed by atoms with van der Waals surface area (Å²) in [5.74, 6) is 3.57. The minimum absolute atomic E-state index is 0.104. The van der Waals surface area contributed by atoms with Crippen molar-refractivity contribution in [2.45, 2.75) is 36.1 Å². The minimum atomic E-state index is 0.104. The first kappa shape index (κ1) is 14.2. The molecule has 1 aromatic carbocycles. The van der Waals surface area contributed by atoms with Gasteiger partial charge in [-0.05, 0) is 26.0 Å². The normalized spacial score (nSPS) is 29.2. The van der Waals surface area contributed by atoms with E-state index in [4.69, 9.17) is 15.9 Å². The summed E-state index contributed by atoms with van der Waals surface area (Å²) < 4.78 is 12.2. The molecule has 0 radical (unpaired) electrons. The number of benzene rings is 1. The molecule has 3 nitrogen and oxygen atoms in total. The number of ether oxygens (including phenoxy) is 2. The predicted molar refractivity (Wildman–Crippen MR) is 87.1 cm³/mol. The lowest BCUT2D eigenvalue weighted by atomic mass is 9.93. The Bertz CT molecular complexity index is 552. The van der Waals surface area contributed by atoms with Crippen LogP contribution in [0.5, 0.6) is 5.75 Å². The number of nitrogens with zero attached hydrogens (tertiary/aromatic N) is 1. The van der Waals surface area contributed by atoms with Gasteiger partial charge >= 0.3 is 0 Å². The molecule has 2 aliphatic heterocycles. The summed E-state index contributed by atoms with van der Waals surface area (Å²) in [6.45, 7) is 5.82. The van der Waals surface area contributed by atoms with Crippen molar-refractivity contribution in [2.24, 2.45) is 0 Å². The number of morpholine rings is 1. The van der Waals surface area contributed by atoms with E-state index in [1.54, 1.807) is 0 Å². The van der Waals surface area contributed by atoms with Crippen molar-refractivity contribution in [3.8, 4) is 18.1 Å². The minimum Gasteiger partial charge on any atom is -0.490 e. The van der Waals surface area contributed by atoms with Crippen LogP contribution in [0.4, 0.5) is 0 Å². The summed E-state index contributed by atoms with van der Waals surface area (Å²) in [7, 11) is 0. The van der Waals surface area contributed by atoms with Crippen molar-refractivity contribution in [1.82, 2.24) is 4.90 Å². The lowest BCUT2D eigenvalue weighted by Gasteiger charge is -2.48. The number of alkyl halides is 1. The Morgan fingerprint density at radius 2 is 2.20 bits per heavy atom. The molecule has 0 saturated carbocycles. The average Bonchev–Trinajstić information content (AvgIpc) is 2.45. The summed E-state index contributed by atoms with van der Waals surface area (Å²) in [5.41, 5.74) is 2.05. The largest absolute Gasteiger partial charge is 0.490 e. The fourth-order valence-corrected chi connectivity index (χ4v) is 4.25. The third kappa shape index (κ3) is 2.32. The number of hydrogen-bond acceptors (Lipinski definition) is 3. The topological polar surface area (TPSA) is 21.7 Å². The first-order chi connectivity index (χ1) is 9.61. The Kier molecular flexibility index (Phi) is 3.93. The van der Waals surface area contributed by atoms with Crippen LogP contribution in [0, 0.1) is 12.3 Å². The van der Waals surface area contributed by atoms with Gasteiger partial charge in [-0.2, -0.15) is 0 Å². The molecule has 0 spiro atoms. The Balaban J connectivity index is 2.04. The highest BCUT2D eigenvalue weighted by Gasteiger charge is 2.43. The standard InChI is InChI=1S/C16H18INO2/c1-4-11-5-6-12-13(7-11)19-8-14-16(12)18(10(2)3)15(17)9-20-14/h1,5-7,10,14-16H,8-9H2,2-3H3. The summed E-state index contributed by atoms with van der Waals surface area (Å²) in [6.07, 6.45) is 5.57. The molecule has 3 rings (SSSR count). The van der Waals surface area contributed by atoms with Crippen molar-refractivity contribution in [2.75, 3.05) is 13.2 Å². The average molecular weight is 383 g/mol. The Morgan fingerprint density at radius 1 is 1.40 bits per heavy atom. The van der Waals surface area contributed by atoms with E-state index < -0.39 is 0 Å². The molecule has 2 heterocycles. The van der Waals surface area contributed by atoms with Crippen LogP contribution in [-0.2, 0) is 4.74 Å². The van der Waals surface area contributed by atoms with Crippen molar-refractivity contribution in [3.63, 3.8) is 0 Å². The number of hydrogen-bond donors (Lipinski definition) is 0. The van der Waals surface area contributed by atoms with Crippen LogP contribution in [0.3, 0.4) is 0 Å². The number of fused-ring (bicyclic) bond motifs is 3. The lowest BCUT2D eigenvalue weighted by molar-refractivity contribution is -0.113. The number of halogens is 1. The molecule has 0 N–H and O–H groups in total. The second-order valence-electron chi connectivity index (χ2n) is 5.50. The van der Waals surface area contributed by atoms with Crippen LogP contribution in [0.2, 0.25) is 0 Å². The van der Waals surface area contributed by atoms with Crippen LogP contribution in [-0.4, -0.2) is 34.3 Å². The molecule has 2 aliphatic rings. The summed E-state index contributed by atoms with van der Waals surface area (Å²) in [6, 6.07) is 6.75. The zero-order chi connectivity index (χ0) is 14.3. The summed E-state index contributed by atoms with van der Waals surface area (Å²) in [5, 5.41) is 0. The van der Waals surface area contributed by atoms with Crippen molar-refractivity contribution < 1.29 is 9.47 Å². The van der Waals surface area contributed by atoms with E-state index in [0.717, 1.165) is 17.9 Å². The van der Waals surface area contributed by atoms with Gasteiger partial charge < -0.3 is 9.47 Å². The van der Waals surface area contributed by atoms with Gasteiger partial charge in [0, 0.05) is 17.2 Å².